The number of nitrogen functional groups attached to an aromatic ring is 1. The van der Waals surface area contributed by atoms with Gasteiger partial charge in [-0.05, 0) is 19.4 Å². The van der Waals surface area contributed by atoms with Gasteiger partial charge < -0.3 is 5.43 Å². The van der Waals surface area contributed by atoms with Gasteiger partial charge in [-0.3, -0.25) is 4.90 Å². The summed E-state index contributed by atoms with van der Waals surface area (Å²) in [4.78, 5) is 11.3. The molecule has 0 aliphatic rings. The van der Waals surface area contributed by atoms with E-state index in [0.717, 1.165) is 37.1 Å². The van der Waals surface area contributed by atoms with E-state index >= 15 is 0 Å². The third kappa shape index (κ3) is 5.12. The number of nitrogens with zero attached hydrogens (tertiary/aromatic N) is 3. The van der Waals surface area contributed by atoms with E-state index in [0.29, 0.717) is 5.82 Å². The van der Waals surface area contributed by atoms with Gasteiger partial charge in [0, 0.05) is 18.3 Å². The van der Waals surface area contributed by atoms with Crippen molar-refractivity contribution in [1.82, 2.24) is 14.9 Å². The first-order valence-electron chi connectivity index (χ1n) is 7.16. The minimum atomic E-state index is 0.682. The summed E-state index contributed by atoms with van der Waals surface area (Å²) in [5.74, 6) is 7.68. The second-order valence-corrected chi connectivity index (χ2v) is 4.97. The molecule has 0 spiro atoms. The molecule has 0 aromatic carbocycles. The summed E-state index contributed by atoms with van der Waals surface area (Å²) in [6.07, 6.45) is 2.44. The topological polar surface area (TPSA) is 67.1 Å². The van der Waals surface area contributed by atoms with Crippen LogP contribution < -0.4 is 11.3 Å². The molecular weight excluding hydrogens is 238 g/mol. The molecule has 0 aliphatic heterocycles. The van der Waals surface area contributed by atoms with E-state index in [-0.39, 0.29) is 0 Å². The molecular formula is C14H27N5. The summed E-state index contributed by atoms with van der Waals surface area (Å²) >= 11 is 0. The predicted molar refractivity (Wildman–Crippen MR) is 79.6 cm³/mol. The molecule has 1 rings (SSSR count). The van der Waals surface area contributed by atoms with Crippen LogP contribution >= 0.6 is 0 Å². The van der Waals surface area contributed by atoms with Gasteiger partial charge in [-0.2, -0.15) is 0 Å². The maximum atomic E-state index is 5.42. The zero-order chi connectivity index (χ0) is 14.3. The van der Waals surface area contributed by atoms with E-state index in [1.54, 1.807) is 0 Å². The summed E-state index contributed by atoms with van der Waals surface area (Å²) < 4.78 is 0. The molecule has 1 aromatic rings. The van der Waals surface area contributed by atoms with Gasteiger partial charge in [0.25, 0.3) is 0 Å². The standard InChI is InChI=1S/C14H27N5/c1-5-12(6-2)9-19(7-3)10-14-16-11(4)8-13(17-14)18-15/h8,12H,5-7,9-10,15H2,1-4H3,(H,16,17,18). The zero-order valence-corrected chi connectivity index (χ0v) is 12.6. The van der Waals surface area contributed by atoms with Crippen molar-refractivity contribution in [2.24, 2.45) is 11.8 Å². The number of hydrogen-bond acceptors (Lipinski definition) is 5. The van der Waals surface area contributed by atoms with Crippen molar-refractivity contribution in [2.75, 3.05) is 18.5 Å². The van der Waals surface area contributed by atoms with Crippen LogP contribution in [0.2, 0.25) is 0 Å². The third-order valence-electron chi connectivity index (χ3n) is 3.53. The molecule has 1 heterocycles. The molecule has 0 atom stereocenters. The molecule has 0 unspecified atom stereocenters. The molecule has 0 bridgehead atoms. The lowest BCUT2D eigenvalue weighted by Crippen LogP contribution is -2.29. The third-order valence-corrected chi connectivity index (χ3v) is 3.53. The number of rotatable bonds is 8. The number of aryl methyl sites for hydroxylation is 1. The Hall–Kier alpha value is -1.20. The van der Waals surface area contributed by atoms with Crippen LogP contribution in [0.1, 0.15) is 45.1 Å². The zero-order valence-electron chi connectivity index (χ0n) is 12.6. The molecule has 0 aliphatic carbocycles. The molecule has 1 aromatic heterocycles. The lowest BCUT2D eigenvalue weighted by molar-refractivity contribution is 0.221. The molecule has 0 amide bonds. The largest absolute Gasteiger partial charge is 0.308 e. The fraction of sp³-hybridized carbons (Fsp3) is 0.714. The van der Waals surface area contributed by atoms with Crippen molar-refractivity contribution in [3.05, 3.63) is 17.6 Å². The Morgan fingerprint density at radius 2 is 1.95 bits per heavy atom. The molecule has 5 heteroatoms. The van der Waals surface area contributed by atoms with Gasteiger partial charge in [0.15, 0.2) is 0 Å². The fourth-order valence-electron chi connectivity index (χ4n) is 2.19. The summed E-state index contributed by atoms with van der Waals surface area (Å²) in [6.45, 7) is 11.5. The lowest BCUT2D eigenvalue weighted by Gasteiger charge is -2.24. The van der Waals surface area contributed by atoms with Crippen molar-refractivity contribution in [3.63, 3.8) is 0 Å². The summed E-state index contributed by atoms with van der Waals surface area (Å²) in [6, 6.07) is 1.85. The van der Waals surface area contributed by atoms with Crippen molar-refractivity contribution in [2.45, 2.75) is 47.1 Å². The van der Waals surface area contributed by atoms with Crippen LogP contribution in [0.25, 0.3) is 0 Å². The Bertz CT molecular complexity index is 376. The Morgan fingerprint density at radius 3 is 2.47 bits per heavy atom. The average molecular weight is 265 g/mol. The van der Waals surface area contributed by atoms with Gasteiger partial charge >= 0.3 is 0 Å². The normalized spacial score (nSPS) is 11.3. The van der Waals surface area contributed by atoms with Gasteiger partial charge in [-0.25, -0.2) is 15.8 Å². The first-order chi connectivity index (χ1) is 9.12. The second-order valence-electron chi connectivity index (χ2n) is 4.97. The second kappa shape index (κ2) is 8.07. The lowest BCUT2D eigenvalue weighted by atomic mass is 10.0. The number of hydrogen-bond donors (Lipinski definition) is 2. The molecule has 3 N–H and O–H groups in total. The highest BCUT2D eigenvalue weighted by atomic mass is 15.3. The number of hydrazine groups is 1. The summed E-state index contributed by atoms with van der Waals surface area (Å²) in [5.41, 5.74) is 3.53. The maximum Gasteiger partial charge on any atom is 0.145 e. The Kier molecular flexibility index (Phi) is 6.73. The molecule has 0 fully saturated rings. The van der Waals surface area contributed by atoms with E-state index in [1.165, 1.54) is 12.8 Å². The Labute approximate surface area is 116 Å². The Morgan fingerprint density at radius 1 is 1.26 bits per heavy atom. The summed E-state index contributed by atoms with van der Waals surface area (Å²) in [5, 5.41) is 0. The molecule has 0 radical (unpaired) electrons. The first kappa shape index (κ1) is 15.9. The first-order valence-corrected chi connectivity index (χ1v) is 7.16. The van der Waals surface area contributed by atoms with Crippen molar-refractivity contribution >= 4 is 5.82 Å². The average Bonchev–Trinajstić information content (AvgIpc) is 2.42. The van der Waals surface area contributed by atoms with Crippen LogP contribution in [-0.2, 0) is 6.54 Å². The van der Waals surface area contributed by atoms with Crippen LogP contribution in [-0.4, -0.2) is 28.0 Å². The van der Waals surface area contributed by atoms with E-state index < -0.39 is 0 Å². The SMILES string of the molecule is CCC(CC)CN(CC)Cc1nc(C)cc(NN)n1. The Balaban J connectivity index is 2.72. The molecule has 0 saturated carbocycles. The minimum absolute atomic E-state index is 0.682. The van der Waals surface area contributed by atoms with Crippen LogP contribution in [0, 0.1) is 12.8 Å². The molecule has 19 heavy (non-hydrogen) atoms. The van der Waals surface area contributed by atoms with E-state index in [4.69, 9.17) is 5.84 Å². The van der Waals surface area contributed by atoms with Gasteiger partial charge in [0.2, 0.25) is 0 Å². The van der Waals surface area contributed by atoms with E-state index in [9.17, 15) is 0 Å². The van der Waals surface area contributed by atoms with Crippen molar-refractivity contribution in [1.29, 1.82) is 0 Å². The van der Waals surface area contributed by atoms with Crippen LogP contribution in [0.15, 0.2) is 6.07 Å². The number of aromatic nitrogens is 2. The quantitative estimate of drug-likeness (QED) is 0.558. The molecule has 0 saturated heterocycles. The van der Waals surface area contributed by atoms with Crippen LogP contribution in [0.4, 0.5) is 5.82 Å². The molecule has 108 valence electrons. The van der Waals surface area contributed by atoms with Crippen molar-refractivity contribution in [3.8, 4) is 0 Å². The van der Waals surface area contributed by atoms with Gasteiger partial charge in [0.05, 0.1) is 6.54 Å². The van der Waals surface area contributed by atoms with Crippen LogP contribution in [0.3, 0.4) is 0 Å². The smallest absolute Gasteiger partial charge is 0.145 e. The monoisotopic (exact) mass is 265 g/mol. The highest BCUT2D eigenvalue weighted by Crippen LogP contribution is 2.12. The number of nitrogens with two attached hydrogens (primary N) is 1. The summed E-state index contributed by atoms with van der Waals surface area (Å²) in [7, 11) is 0. The van der Waals surface area contributed by atoms with E-state index in [1.807, 2.05) is 13.0 Å². The molecule has 5 nitrogen and oxygen atoms in total. The number of anilines is 1. The maximum absolute atomic E-state index is 5.42. The number of nitrogens with one attached hydrogen (secondary N) is 1. The fourth-order valence-corrected chi connectivity index (χ4v) is 2.19. The van der Waals surface area contributed by atoms with E-state index in [2.05, 4.69) is 41.1 Å². The van der Waals surface area contributed by atoms with Gasteiger partial charge in [-0.1, -0.05) is 33.6 Å². The highest BCUT2D eigenvalue weighted by Gasteiger charge is 2.12. The van der Waals surface area contributed by atoms with Crippen molar-refractivity contribution < 1.29 is 0 Å². The minimum Gasteiger partial charge on any atom is -0.308 e. The van der Waals surface area contributed by atoms with Crippen LogP contribution in [0.5, 0.6) is 0 Å². The predicted octanol–water partition coefficient (Wildman–Crippen LogP) is 2.33. The highest BCUT2D eigenvalue weighted by molar-refractivity contribution is 5.33. The van der Waals surface area contributed by atoms with Gasteiger partial charge in [0.1, 0.15) is 11.6 Å². The van der Waals surface area contributed by atoms with Gasteiger partial charge in [-0.15, -0.1) is 0 Å².